The summed E-state index contributed by atoms with van der Waals surface area (Å²) >= 11 is 3.37. The van der Waals surface area contributed by atoms with Crippen molar-refractivity contribution in [1.82, 2.24) is 5.43 Å². The number of hydrogen-bond acceptors (Lipinski definition) is 4. The lowest BCUT2D eigenvalue weighted by molar-refractivity contribution is -0.123. The fraction of sp³-hybridized carbons (Fsp3) is 0.304. The minimum absolute atomic E-state index is 0.0263. The maximum Gasteiger partial charge on any atom is 0.277 e. The Morgan fingerprint density at radius 3 is 2.76 bits per heavy atom. The zero-order valence-electron chi connectivity index (χ0n) is 17.4. The number of anilines is 1. The maximum absolute atomic E-state index is 12.0. The number of carbonyl (C=O) groups excluding carboxylic acids is 1. The highest BCUT2D eigenvalue weighted by atomic mass is 79.9. The number of ether oxygens (including phenoxy) is 1. The van der Waals surface area contributed by atoms with Crippen molar-refractivity contribution in [2.45, 2.75) is 33.2 Å². The molecule has 0 radical (unpaired) electrons. The average Bonchev–Trinajstić information content (AvgIpc) is 2.65. The molecule has 0 aliphatic carbocycles. The first kappa shape index (κ1) is 21.1. The number of rotatable bonds is 5. The highest BCUT2D eigenvalue weighted by molar-refractivity contribution is 9.10. The lowest BCUT2D eigenvalue weighted by atomic mass is 9.87. The van der Waals surface area contributed by atoms with Gasteiger partial charge in [0.15, 0.2) is 6.61 Å². The van der Waals surface area contributed by atoms with Gasteiger partial charge >= 0.3 is 0 Å². The summed E-state index contributed by atoms with van der Waals surface area (Å²) in [5, 5.41) is 4.11. The van der Waals surface area contributed by atoms with Gasteiger partial charge in [-0.25, -0.2) is 5.43 Å². The van der Waals surface area contributed by atoms with E-state index in [4.69, 9.17) is 4.74 Å². The van der Waals surface area contributed by atoms with E-state index in [-0.39, 0.29) is 18.1 Å². The average molecular weight is 456 g/mol. The van der Waals surface area contributed by atoms with Gasteiger partial charge in [0.1, 0.15) is 5.75 Å². The van der Waals surface area contributed by atoms with Crippen LogP contribution < -0.4 is 15.1 Å². The molecule has 3 rings (SSSR count). The third kappa shape index (κ3) is 4.88. The van der Waals surface area contributed by atoms with Crippen molar-refractivity contribution in [2.24, 2.45) is 5.10 Å². The van der Waals surface area contributed by atoms with Gasteiger partial charge in [-0.2, -0.15) is 5.10 Å². The number of nitrogens with zero attached hydrogens (tertiary/aromatic N) is 2. The van der Waals surface area contributed by atoms with Gasteiger partial charge in [0, 0.05) is 22.8 Å². The largest absolute Gasteiger partial charge is 0.484 e. The standard InChI is InChI=1S/C23H26BrN3O2/c1-15-9-21-20(16(2)12-23(3,4)27(21)5)10-17(15)13-25-26-22(28)14-29-19-8-6-7-18(24)11-19/h6-13H,14H2,1-5H3,(H,26,28)/b25-13+. The molecule has 0 atom stereocenters. The Balaban J connectivity index is 1.67. The molecule has 0 saturated carbocycles. The van der Waals surface area contributed by atoms with Crippen molar-refractivity contribution in [2.75, 3.05) is 18.6 Å². The first-order valence-electron chi connectivity index (χ1n) is 9.46. The summed E-state index contributed by atoms with van der Waals surface area (Å²) in [5.74, 6) is 0.313. The van der Waals surface area contributed by atoms with E-state index >= 15 is 0 Å². The van der Waals surface area contributed by atoms with Gasteiger partial charge in [0.2, 0.25) is 0 Å². The monoisotopic (exact) mass is 455 g/mol. The number of aryl methyl sites for hydroxylation is 1. The number of fused-ring (bicyclic) bond motifs is 1. The van der Waals surface area contributed by atoms with E-state index in [1.807, 2.05) is 19.1 Å². The summed E-state index contributed by atoms with van der Waals surface area (Å²) in [6.45, 7) is 8.49. The van der Waals surface area contributed by atoms with E-state index in [1.54, 1.807) is 18.3 Å². The zero-order valence-corrected chi connectivity index (χ0v) is 19.0. The fourth-order valence-corrected chi connectivity index (χ4v) is 3.75. The number of allylic oxidation sites excluding steroid dienone is 1. The van der Waals surface area contributed by atoms with Crippen molar-refractivity contribution < 1.29 is 9.53 Å². The van der Waals surface area contributed by atoms with Crippen LogP contribution in [0, 0.1) is 6.92 Å². The van der Waals surface area contributed by atoms with Crippen molar-refractivity contribution in [3.63, 3.8) is 0 Å². The van der Waals surface area contributed by atoms with Crippen molar-refractivity contribution in [3.05, 3.63) is 63.6 Å². The van der Waals surface area contributed by atoms with E-state index in [1.165, 1.54) is 16.8 Å². The Bertz CT molecular complexity index is 996. The minimum atomic E-state index is -0.311. The Morgan fingerprint density at radius 2 is 2.03 bits per heavy atom. The van der Waals surface area contributed by atoms with Crippen LogP contribution in [0.5, 0.6) is 5.75 Å². The second kappa shape index (κ2) is 8.41. The van der Waals surface area contributed by atoms with E-state index in [9.17, 15) is 4.79 Å². The van der Waals surface area contributed by atoms with Gasteiger partial charge in [-0.3, -0.25) is 4.79 Å². The normalized spacial score (nSPS) is 15.1. The first-order valence-corrected chi connectivity index (χ1v) is 10.3. The molecule has 0 spiro atoms. The summed E-state index contributed by atoms with van der Waals surface area (Å²) in [5.41, 5.74) is 8.20. The molecule has 2 aromatic carbocycles. The highest BCUT2D eigenvalue weighted by Gasteiger charge is 2.28. The molecule has 1 aliphatic rings. The molecular formula is C23H26BrN3O2. The zero-order chi connectivity index (χ0) is 21.2. The topological polar surface area (TPSA) is 53.9 Å². The predicted molar refractivity (Wildman–Crippen MR) is 123 cm³/mol. The van der Waals surface area contributed by atoms with Crippen molar-refractivity contribution in [3.8, 4) is 5.75 Å². The van der Waals surface area contributed by atoms with Crippen LogP contribution >= 0.6 is 15.9 Å². The Hall–Kier alpha value is -2.60. The van der Waals surface area contributed by atoms with Crippen LogP contribution in [0.1, 0.15) is 37.5 Å². The summed E-state index contributed by atoms with van der Waals surface area (Å²) in [6, 6.07) is 11.6. The molecule has 5 nitrogen and oxygen atoms in total. The molecule has 1 amide bonds. The number of nitrogens with one attached hydrogen (secondary N) is 1. The molecule has 2 aromatic rings. The molecule has 6 heteroatoms. The molecule has 29 heavy (non-hydrogen) atoms. The molecule has 1 N–H and O–H groups in total. The summed E-state index contributed by atoms with van der Waals surface area (Å²) < 4.78 is 6.36. The maximum atomic E-state index is 12.0. The second-order valence-electron chi connectivity index (χ2n) is 7.81. The fourth-order valence-electron chi connectivity index (χ4n) is 3.37. The summed E-state index contributed by atoms with van der Waals surface area (Å²) in [4.78, 5) is 14.3. The van der Waals surface area contributed by atoms with Crippen LogP contribution in [-0.2, 0) is 4.79 Å². The highest BCUT2D eigenvalue weighted by Crippen LogP contribution is 2.38. The Labute approximate surface area is 180 Å². The van der Waals surface area contributed by atoms with E-state index in [0.717, 1.165) is 15.6 Å². The van der Waals surface area contributed by atoms with Crippen LogP contribution in [0.15, 0.2) is 52.0 Å². The van der Waals surface area contributed by atoms with E-state index in [0.29, 0.717) is 5.75 Å². The van der Waals surface area contributed by atoms with Crippen LogP contribution in [0.4, 0.5) is 5.69 Å². The van der Waals surface area contributed by atoms with Crippen LogP contribution in [-0.4, -0.2) is 31.3 Å². The molecule has 0 bridgehead atoms. The minimum Gasteiger partial charge on any atom is -0.484 e. The number of hydrazone groups is 1. The third-order valence-electron chi connectivity index (χ3n) is 5.16. The van der Waals surface area contributed by atoms with Gasteiger partial charge < -0.3 is 9.64 Å². The van der Waals surface area contributed by atoms with Crippen LogP contribution in [0.25, 0.3) is 5.57 Å². The van der Waals surface area contributed by atoms with E-state index in [2.05, 4.69) is 77.4 Å². The predicted octanol–water partition coefficient (Wildman–Crippen LogP) is 4.92. The van der Waals surface area contributed by atoms with Gasteiger partial charge in [0.25, 0.3) is 5.91 Å². The third-order valence-corrected chi connectivity index (χ3v) is 5.66. The summed E-state index contributed by atoms with van der Waals surface area (Å²) in [6.07, 6.45) is 3.95. The molecule has 152 valence electrons. The van der Waals surface area contributed by atoms with Crippen LogP contribution in [0.3, 0.4) is 0 Å². The number of amides is 1. The number of benzene rings is 2. The molecule has 0 fully saturated rings. The van der Waals surface area contributed by atoms with Gasteiger partial charge in [0.05, 0.1) is 11.8 Å². The number of halogens is 1. The Kier molecular flexibility index (Phi) is 6.13. The van der Waals surface area contributed by atoms with Crippen molar-refractivity contribution in [1.29, 1.82) is 0 Å². The lowest BCUT2D eigenvalue weighted by Gasteiger charge is -2.41. The number of likely N-dealkylation sites (N-methyl/N-ethyl adjacent to an activating group) is 1. The SMILES string of the molecule is CC1=CC(C)(C)N(C)c2cc(C)c(/C=N/NC(=O)COc3cccc(Br)c3)cc21. The second-order valence-corrected chi connectivity index (χ2v) is 8.72. The lowest BCUT2D eigenvalue weighted by Crippen LogP contribution is -2.42. The number of carbonyl (C=O) groups is 1. The van der Waals surface area contributed by atoms with Crippen molar-refractivity contribution >= 4 is 39.3 Å². The van der Waals surface area contributed by atoms with Gasteiger partial charge in [-0.05, 0) is 74.7 Å². The molecule has 1 aliphatic heterocycles. The first-order chi connectivity index (χ1) is 13.7. The van der Waals surface area contributed by atoms with Gasteiger partial charge in [-0.15, -0.1) is 0 Å². The van der Waals surface area contributed by atoms with E-state index < -0.39 is 0 Å². The molecular weight excluding hydrogens is 430 g/mol. The summed E-state index contributed by atoms with van der Waals surface area (Å²) in [7, 11) is 2.11. The molecule has 0 saturated heterocycles. The van der Waals surface area contributed by atoms with Crippen LogP contribution in [0.2, 0.25) is 0 Å². The molecule has 0 unspecified atom stereocenters. The Morgan fingerprint density at radius 1 is 1.28 bits per heavy atom. The number of hydrogen-bond donors (Lipinski definition) is 1. The van der Waals surface area contributed by atoms with Gasteiger partial charge in [-0.1, -0.05) is 28.1 Å². The molecule has 1 heterocycles. The quantitative estimate of drug-likeness (QED) is 0.514. The molecule has 0 aromatic heterocycles. The smallest absolute Gasteiger partial charge is 0.277 e.